The summed E-state index contributed by atoms with van der Waals surface area (Å²) in [7, 11) is 0. The van der Waals surface area contributed by atoms with Gasteiger partial charge in [-0.1, -0.05) is 36.0 Å². The van der Waals surface area contributed by atoms with Gasteiger partial charge < -0.3 is 10.2 Å². The van der Waals surface area contributed by atoms with E-state index in [1.54, 1.807) is 18.2 Å². The van der Waals surface area contributed by atoms with E-state index >= 15 is 0 Å². The summed E-state index contributed by atoms with van der Waals surface area (Å²) in [6, 6.07) is 5.12. The van der Waals surface area contributed by atoms with Crippen molar-refractivity contribution in [2.45, 2.75) is 63.5 Å². The Morgan fingerprint density at radius 1 is 1.00 bits per heavy atom. The van der Waals surface area contributed by atoms with Gasteiger partial charge in [0.1, 0.15) is 0 Å². The number of hydrogen-bond donors (Lipinski definition) is 1. The van der Waals surface area contributed by atoms with Gasteiger partial charge in [0.15, 0.2) is 0 Å². The van der Waals surface area contributed by atoms with Crippen LogP contribution in [0.5, 0.6) is 0 Å². The van der Waals surface area contributed by atoms with E-state index in [-0.39, 0.29) is 17.9 Å². The minimum absolute atomic E-state index is 0.117. The predicted octanol–water partition coefficient (Wildman–Crippen LogP) is 4.58. The lowest BCUT2D eigenvalue weighted by atomic mass is 9.78. The molecule has 0 spiro atoms. The highest BCUT2D eigenvalue weighted by Crippen LogP contribution is 2.35. The van der Waals surface area contributed by atoms with Gasteiger partial charge in [0.25, 0.3) is 0 Å². The topological polar surface area (TPSA) is 52.7 Å². The molecular formula is C22H29Cl2N3O2. The van der Waals surface area contributed by atoms with E-state index in [9.17, 15) is 9.59 Å². The molecule has 2 aliphatic heterocycles. The third-order valence-corrected chi connectivity index (χ3v) is 7.32. The summed E-state index contributed by atoms with van der Waals surface area (Å²) in [5.41, 5.74) is 0.517. The van der Waals surface area contributed by atoms with Gasteiger partial charge in [-0.2, -0.15) is 0 Å². The number of rotatable bonds is 4. The van der Waals surface area contributed by atoms with Gasteiger partial charge in [0.05, 0.1) is 23.3 Å². The maximum atomic E-state index is 13.1. The lowest BCUT2D eigenvalue weighted by molar-refractivity contribution is -0.139. The Hall–Kier alpha value is -1.30. The maximum absolute atomic E-state index is 13.1. The SMILES string of the molecule is O=C(Nc1cc(Cl)ccc1Cl)[C@@H]1CCCN1CC(=O)N1CCC[C@H]2CCCC[C@@H]21. The molecule has 7 heteroatoms. The van der Waals surface area contributed by atoms with Gasteiger partial charge in [-0.15, -0.1) is 0 Å². The minimum Gasteiger partial charge on any atom is -0.338 e. The van der Waals surface area contributed by atoms with Gasteiger partial charge >= 0.3 is 0 Å². The molecule has 5 nitrogen and oxygen atoms in total. The number of anilines is 1. The van der Waals surface area contributed by atoms with Crippen LogP contribution in [0.15, 0.2) is 18.2 Å². The number of hydrogen-bond acceptors (Lipinski definition) is 3. The average Bonchev–Trinajstić information content (AvgIpc) is 3.18. The molecular weight excluding hydrogens is 409 g/mol. The maximum Gasteiger partial charge on any atom is 0.241 e. The Balaban J connectivity index is 1.39. The molecule has 0 bridgehead atoms. The van der Waals surface area contributed by atoms with E-state index < -0.39 is 0 Å². The number of nitrogens with zero attached hydrogens (tertiary/aromatic N) is 2. The van der Waals surface area contributed by atoms with E-state index in [2.05, 4.69) is 10.2 Å². The van der Waals surface area contributed by atoms with Gasteiger partial charge in [-0.25, -0.2) is 0 Å². The fourth-order valence-corrected chi connectivity index (χ4v) is 5.66. The average molecular weight is 438 g/mol. The molecule has 1 saturated carbocycles. The zero-order valence-electron chi connectivity index (χ0n) is 16.7. The molecule has 0 aromatic heterocycles. The molecule has 0 radical (unpaired) electrons. The van der Waals surface area contributed by atoms with Crippen molar-refractivity contribution >= 4 is 40.7 Å². The van der Waals surface area contributed by atoms with E-state index in [1.807, 2.05) is 4.90 Å². The molecule has 2 heterocycles. The molecule has 4 rings (SSSR count). The highest BCUT2D eigenvalue weighted by atomic mass is 35.5. The molecule has 3 atom stereocenters. The van der Waals surface area contributed by atoms with Crippen LogP contribution in [0.1, 0.15) is 51.4 Å². The Kier molecular flexibility index (Phi) is 6.67. The first kappa shape index (κ1) is 21.0. The van der Waals surface area contributed by atoms with Gasteiger partial charge in [0, 0.05) is 17.6 Å². The second-order valence-corrected chi connectivity index (χ2v) is 9.43. The molecule has 3 fully saturated rings. The zero-order chi connectivity index (χ0) is 20.4. The first-order valence-corrected chi connectivity index (χ1v) is 11.6. The molecule has 3 aliphatic rings. The van der Waals surface area contributed by atoms with E-state index in [0.29, 0.717) is 34.2 Å². The molecule has 29 heavy (non-hydrogen) atoms. The summed E-state index contributed by atoms with van der Waals surface area (Å²) in [5.74, 6) is 0.736. The number of likely N-dealkylation sites (tertiary alicyclic amines) is 2. The van der Waals surface area contributed by atoms with Crippen LogP contribution in [-0.4, -0.2) is 53.3 Å². The van der Waals surface area contributed by atoms with Crippen LogP contribution in [0.2, 0.25) is 10.0 Å². The van der Waals surface area contributed by atoms with Crippen LogP contribution in [0.3, 0.4) is 0 Å². The third kappa shape index (κ3) is 4.73. The molecule has 1 aliphatic carbocycles. The normalized spacial score (nSPS) is 27.5. The number of benzene rings is 1. The first-order valence-electron chi connectivity index (χ1n) is 10.8. The van der Waals surface area contributed by atoms with Crippen molar-refractivity contribution in [3.05, 3.63) is 28.2 Å². The summed E-state index contributed by atoms with van der Waals surface area (Å²) in [5, 5.41) is 3.88. The van der Waals surface area contributed by atoms with Crippen molar-refractivity contribution in [2.75, 3.05) is 25.0 Å². The number of carbonyl (C=O) groups excluding carboxylic acids is 2. The molecule has 2 amide bonds. The van der Waals surface area contributed by atoms with Crippen molar-refractivity contribution in [3.8, 4) is 0 Å². The van der Waals surface area contributed by atoms with E-state index in [1.165, 1.54) is 25.7 Å². The van der Waals surface area contributed by atoms with Crippen molar-refractivity contribution in [2.24, 2.45) is 5.92 Å². The molecule has 158 valence electrons. The van der Waals surface area contributed by atoms with Gasteiger partial charge in [-0.05, 0) is 69.2 Å². The number of piperidine rings is 1. The fourth-order valence-electron chi connectivity index (χ4n) is 5.32. The summed E-state index contributed by atoms with van der Waals surface area (Å²) in [6.07, 6.45) is 8.93. The third-order valence-electron chi connectivity index (χ3n) is 6.75. The van der Waals surface area contributed by atoms with Gasteiger partial charge in [-0.3, -0.25) is 14.5 Å². The van der Waals surface area contributed by atoms with Crippen molar-refractivity contribution in [1.29, 1.82) is 0 Å². The van der Waals surface area contributed by atoms with Crippen LogP contribution in [0, 0.1) is 5.92 Å². The molecule has 0 unspecified atom stereocenters. The Bertz CT molecular complexity index is 770. The largest absolute Gasteiger partial charge is 0.338 e. The highest BCUT2D eigenvalue weighted by molar-refractivity contribution is 6.35. The highest BCUT2D eigenvalue weighted by Gasteiger charge is 2.38. The summed E-state index contributed by atoms with van der Waals surface area (Å²) in [6.45, 7) is 1.96. The lowest BCUT2D eigenvalue weighted by Crippen LogP contribution is -2.53. The number of nitrogens with one attached hydrogen (secondary N) is 1. The number of carbonyl (C=O) groups is 2. The first-order chi connectivity index (χ1) is 14.0. The summed E-state index contributed by atoms with van der Waals surface area (Å²) < 4.78 is 0. The Morgan fingerprint density at radius 2 is 1.76 bits per heavy atom. The van der Waals surface area contributed by atoms with Crippen LogP contribution in [-0.2, 0) is 9.59 Å². The fraction of sp³-hybridized carbons (Fsp3) is 0.636. The second-order valence-electron chi connectivity index (χ2n) is 8.58. The zero-order valence-corrected chi connectivity index (χ0v) is 18.2. The Labute approximate surface area is 182 Å². The summed E-state index contributed by atoms with van der Waals surface area (Å²) >= 11 is 12.2. The van der Waals surface area contributed by atoms with Crippen molar-refractivity contribution in [3.63, 3.8) is 0 Å². The van der Waals surface area contributed by atoms with Crippen molar-refractivity contribution < 1.29 is 9.59 Å². The van der Waals surface area contributed by atoms with E-state index in [0.717, 1.165) is 38.8 Å². The van der Waals surface area contributed by atoms with Crippen LogP contribution < -0.4 is 5.32 Å². The van der Waals surface area contributed by atoms with Crippen LogP contribution in [0.4, 0.5) is 5.69 Å². The monoisotopic (exact) mass is 437 g/mol. The quantitative estimate of drug-likeness (QED) is 0.749. The smallest absolute Gasteiger partial charge is 0.241 e. The predicted molar refractivity (Wildman–Crippen MR) is 116 cm³/mol. The summed E-state index contributed by atoms with van der Waals surface area (Å²) in [4.78, 5) is 30.2. The van der Waals surface area contributed by atoms with Crippen molar-refractivity contribution in [1.82, 2.24) is 9.80 Å². The molecule has 1 aromatic rings. The van der Waals surface area contributed by atoms with Crippen LogP contribution in [0.25, 0.3) is 0 Å². The molecule has 1 aromatic carbocycles. The number of amides is 2. The Morgan fingerprint density at radius 3 is 2.62 bits per heavy atom. The molecule has 2 saturated heterocycles. The minimum atomic E-state index is -0.305. The van der Waals surface area contributed by atoms with E-state index in [4.69, 9.17) is 23.2 Å². The standard InChI is InChI=1S/C22H29Cl2N3O2/c23-16-9-10-17(24)18(13-16)25-22(29)20-8-4-11-26(20)14-21(28)27-12-3-6-15-5-1-2-7-19(15)27/h9-10,13,15,19-20H,1-8,11-12,14H2,(H,25,29)/t15-,19+,20+/m1/s1. The number of fused-ring (bicyclic) bond motifs is 1. The number of halogens is 2. The lowest BCUT2D eigenvalue weighted by Gasteiger charge is -2.44. The second kappa shape index (κ2) is 9.23. The molecule has 1 N–H and O–H groups in total. The van der Waals surface area contributed by atoms with Crippen LogP contribution >= 0.6 is 23.2 Å². The van der Waals surface area contributed by atoms with Gasteiger partial charge in [0.2, 0.25) is 11.8 Å².